The molecule has 1 heterocycles. The first kappa shape index (κ1) is 10.0. The molecule has 16 heavy (non-hydrogen) atoms. The number of rotatable bonds is 2. The van der Waals surface area contributed by atoms with Crippen LogP contribution in [0.5, 0.6) is 0 Å². The van der Waals surface area contributed by atoms with Gasteiger partial charge in [0.25, 0.3) is 0 Å². The zero-order chi connectivity index (χ0) is 11.4. The molecule has 0 unspecified atom stereocenters. The lowest BCUT2D eigenvalue weighted by atomic mass is 10.1. The number of hydrogen-bond acceptors (Lipinski definition) is 3. The second kappa shape index (κ2) is 4.33. The molecule has 0 fully saturated rings. The topological polar surface area (TPSA) is 48.7 Å². The zero-order valence-electron chi connectivity index (χ0n) is 8.57. The van der Waals surface area contributed by atoms with Crippen molar-refractivity contribution in [3.05, 3.63) is 35.9 Å². The van der Waals surface area contributed by atoms with Gasteiger partial charge in [-0.3, -0.25) is 0 Å². The molecular weight excluding hydrogens is 198 g/mol. The van der Waals surface area contributed by atoms with E-state index >= 15 is 0 Å². The Balaban J connectivity index is 2.56. The van der Waals surface area contributed by atoms with Gasteiger partial charge in [-0.1, -0.05) is 24.1 Å². The van der Waals surface area contributed by atoms with E-state index in [0.29, 0.717) is 17.9 Å². The minimum Gasteiger partial charge on any atom is -0.358 e. The van der Waals surface area contributed by atoms with Gasteiger partial charge in [-0.15, -0.1) is 6.42 Å². The summed E-state index contributed by atoms with van der Waals surface area (Å²) in [6, 6.07) is 11.6. The quantitative estimate of drug-likeness (QED) is 0.767. The highest BCUT2D eigenvalue weighted by molar-refractivity contribution is 5.82. The summed E-state index contributed by atoms with van der Waals surface area (Å²) in [7, 11) is 0. The number of para-hydroxylation sites is 1. The normalized spacial score (nSPS) is 9.38. The van der Waals surface area contributed by atoms with E-state index in [4.69, 9.17) is 11.7 Å². The molecule has 76 valence electrons. The van der Waals surface area contributed by atoms with Gasteiger partial charge >= 0.3 is 0 Å². The van der Waals surface area contributed by atoms with Crippen LogP contribution in [-0.4, -0.2) is 11.5 Å². The second-order valence-corrected chi connectivity index (χ2v) is 3.25. The van der Waals surface area contributed by atoms with Gasteiger partial charge in [-0.2, -0.15) is 5.26 Å². The number of aromatic nitrogens is 1. The molecular formula is C13H9N3. The zero-order valence-corrected chi connectivity index (χ0v) is 8.57. The number of benzene rings is 1. The molecule has 2 aromatic rings. The summed E-state index contributed by atoms with van der Waals surface area (Å²) >= 11 is 0. The van der Waals surface area contributed by atoms with Gasteiger partial charge in [0.1, 0.15) is 11.9 Å². The molecule has 0 amide bonds. The lowest BCUT2D eigenvalue weighted by Gasteiger charge is -2.05. The molecule has 0 bridgehead atoms. The molecule has 0 aliphatic rings. The molecule has 0 saturated carbocycles. The molecule has 1 aromatic carbocycles. The maximum absolute atomic E-state index is 9.00. The van der Waals surface area contributed by atoms with Crippen molar-refractivity contribution in [2.24, 2.45) is 0 Å². The maximum Gasteiger partial charge on any atom is 0.145 e. The molecule has 0 spiro atoms. The third-order valence-corrected chi connectivity index (χ3v) is 2.20. The summed E-state index contributed by atoms with van der Waals surface area (Å²) in [5, 5.41) is 12.9. The standard InChI is InChI=1S/C13H9N3/c1-2-7-15-13-11(9-14)8-10-5-3-4-6-12(10)16-13/h1,3-6,8H,7H2,(H,15,16). The van der Waals surface area contributed by atoms with Crippen LogP contribution in [-0.2, 0) is 0 Å². The van der Waals surface area contributed by atoms with Crippen LogP contribution in [0.2, 0.25) is 0 Å². The van der Waals surface area contributed by atoms with Crippen molar-refractivity contribution >= 4 is 16.7 Å². The van der Waals surface area contributed by atoms with E-state index in [2.05, 4.69) is 22.3 Å². The highest BCUT2D eigenvalue weighted by atomic mass is 15.0. The van der Waals surface area contributed by atoms with Crippen molar-refractivity contribution in [2.75, 3.05) is 11.9 Å². The van der Waals surface area contributed by atoms with Crippen molar-refractivity contribution in [1.82, 2.24) is 4.98 Å². The molecule has 3 heteroatoms. The minimum absolute atomic E-state index is 0.361. The number of pyridine rings is 1. The van der Waals surface area contributed by atoms with Crippen molar-refractivity contribution in [3.63, 3.8) is 0 Å². The number of nitriles is 1. The Morgan fingerprint density at radius 2 is 2.19 bits per heavy atom. The van der Waals surface area contributed by atoms with Crippen LogP contribution in [0.1, 0.15) is 5.56 Å². The average molecular weight is 207 g/mol. The van der Waals surface area contributed by atoms with E-state index in [9.17, 15) is 0 Å². The molecule has 0 aliphatic heterocycles. The number of nitrogens with zero attached hydrogens (tertiary/aromatic N) is 2. The van der Waals surface area contributed by atoms with Crippen molar-refractivity contribution in [3.8, 4) is 18.4 Å². The monoisotopic (exact) mass is 207 g/mol. The van der Waals surface area contributed by atoms with Crippen LogP contribution < -0.4 is 5.32 Å². The van der Waals surface area contributed by atoms with Crippen LogP contribution in [0.4, 0.5) is 5.82 Å². The lowest BCUT2D eigenvalue weighted by molar-refractivity contribution is 1.27. The van der Waals surface area contributed by atoms with E-state index in [1.54, 1.807) is 6.07 Å². The fourth-order valence-corrected chi connectivity index (χ4v) is 1.47. The summed E-state index contributed by atoms with van der Waals surface area (Å²) in [5.74, 6) is 3.00. The van der Waals surface area contributed by atoms with Crippen LogP contribution >= 0.6 is 0 Å². The van der Waals surface area contributed by atoms with Gasteiger partial charge in [0.15, 0.2) is 0 Å². The number of anilines is 1. The number of hydrogen-bond donors (Lipinski definition) is 1. The Morgan fingerprint density at radius 3 is 2.94 bits per heavy atom. The fraction of sp³-hybridized carbons (Fsp3) is 0.0769. The van der Waals surface area contributed by atoms with Gasteiger partial charge in [-0.05, 0) is 12.1 Å². The Morgan fingerprint density at radius 1 is 1.38 bits per heavy atom. The Bertz CT molecular complexity index is 603. The van der Waals surface area contributed by atoms with Crippen molar-refractivity contribution < 1.29 is 0 Å². The van der Waals surface area contributed by atoms with Gasteiger partial charge in [-0.25, -0.2) is 4.98 Å². The fourth-order valence-electron chi connectivity index (χ4n) is 1.47. The van der Waals surface area contributed by atoms with E-state index in [-0.39, 0.29) is 0 Å². The third-order valence-electron chi connectivity index (χ3n) is 2.20. The maximum atomic E-state index is 9.00. The van der Waals surface area contributed by atoms with Gasteiger partial charge < -0.3 is 5.32 Å². The molecule has 1 aromatic heterocycles. The Labute approximate surface area is 93.7 Å². The SMILES string of the molecule is C#CCNc1nc2ccccc2cc1C#N. The highest BCUT2D eigenvalue weighted by Crippen LogP contribution is 2.19. The number of terminal acetylenes is 1. The first-order valence-electron chi connectivity index (χ1n) is 4.82. The molecule has 0 radical (unpaired) electrons. The molecule has 2 rings (SSSR count). The van der Waals surface area contributed by atoms with E-state index in [1.165, 1.54) is 0 Å². The minimum atomic E-state index is 0.361. The highest BCUT2D eigenvalue weighted by Gasteiger charge is 2.04. The second-order valence-electron chi connectivity index (χ2n) is 3.25. The first-order chi connectivity index (χ1) is 7.85. The third kappa shape index (κ3) is 1.80. The smallest absolute Gasteiger partial charge is 0.145 e. The van der Waals surface area contributed by atoms with Gasteiger partial charge in [0, 0.05) is 5.39 Å². The first-order valence-corrected chi connectivity index (χ1v) is 4.82. The molecule has 1 N–H and O–H groups in total. The van der Waals surface area contributed by atoms with E-state index in [0.717, 1.165) is 10.9 Å². The summed E-state index contributed by atoms with van der Waals surface area (Å²) in [6.45, 7) is 0.361. The van der Waals surface area contributed by atoms with Crippen molar-refractivity contribution in [1.29, 1.82) is 5.26 Å². The average Bonchev–Trinajstić information content (AvgIpc) is 2.35. The predicted molar refractivity (Wildman–Crippen MR) is 63.8 cm³/mol. The van der Waals surface area contributed by atoms with Crippen molar-refractivity contribution in [2.45, 2.75) is 0 Å². The summed E-state index contributed by atoms with van der Waals surface area (Å²) in [4.78, 5) is 4.35. The molecule has 0 atom stereocenters. The number of fused-ring (bicyclic) bond motifs is 1. The van der Waals surface area contributed by atoms with Gasteiger partial charge in [0.2, 0.25) is 0 Å². The van der Waals surface area contributed by atoms with Crippen LogP contribution in [0.25, 0.3) is 10.9 Å². The van der Waals surface area contributed by atoms with Crippen LogP contribution in [0.3, 0.4) is 0 Å². The van der Waals surface area contributed by atoms with Crippen LogP contribution in [0.15, 0.2) is 30.3 Å². The van der Waals surface area contributed by atoms with E-state index < -0.39 is 0 Å². The van der Waals surface area contributed by atoms with E-state index in [1.807, 2.05) is 24.3 Å². The largest absolute Gasteiger partial charge is 0.358 e. The lowest BCUT2D eigenvalue weighted by Crippen LogP contribution is -2.03. The summed E-state index contributed by atoms with van der Waals surface area (Å²) < 4.78 is 0. The van der Waals surface area contributed by atoms with Gasteiger partial charge in [0.05, 0.1) is 17.6 Å². The Hall–Kier alpha value is -2.52. The summed E-state index contributed by atoms with van der Waals surface area (Å²) in [5.41, 5.74) is 1.36. The predicted octanol–water partition coefficient (Wildman–Crippen LogP) is 2.15. The Kier molecular flexibility index (Phi) is 2.71. The summed E-state index contributed by atoms with van der Waals surface area (Å²) in [6.07, 6.45) is 5.16. The van der Waals surface area contributed by atoms with Crippen LogP contribution in [0, 0.1) is 23.7 Å². The molecule has 0 aliphatic carbocycles. The number of nitrogens with one attached hydrogen (secondary N) is 1. The molecule has 3 nitrogen and oxygen atoms in total. The molecule has 0 saturated heterocycles.